The van der Waals surface area contributed by atoms with Crippen LogP contribution in [0.15, 0.2) is 41.5 Å². The van der Waals surface area contributed by atoms with Gasteiger partial charge in [0.2, 0.25) is 11.8 Å². The molecule has 0 heterocycles. The maximum atomic E-state index is 12.0. The molecule has 2 N–H and O–H groups in total. The highest BCUT2D eigenvalue weighted by molar-refractivity contribution is 5.94. The van der Waals surface area contributed by atoms with E-state index in [4.69, 9.17) is 4.74 Å². The van der Waals surface area contributed by atoms with Crippen molar-refractivity contribution in [2.45, 2.75) is 33.6 Å². The van der Waals surface area contributed by atoms with Crippen molar-refractivity contribution in [3.63, 3.8) is 0 Å². The predicted octanol–water partition coefficient (Wildman–Crippen LogP) is 3.49. The number of nitrogens with zero attached hydrogens (tertiary/aromatic N) is 1. The van der Waals surface area contributed by atoms with Gasteiger partial charge >= 0.3 is 0 Å². The van der Waals surface area contributed by atoms with Gasteiger partial charge in [0.05, 0.1) is 13.3 Å². The number of carbonyl (C=O) groups is 2. The lowest BCUT2D eigenvalue weighted by Crippen LogP contribution is -2.21. The maximum Gasteiger partial charge on any atom is 0.240 e. The average molecular weight is 367 g/mol. The highest BCUT2D eigenvalue weighted by Crippen LogP contribution is 2.18. The van der Waals surface area contributed by atoms with E-state index in [9.17, 15) is 9.59 Å². The van der Waals surface area contributed by atoms with Crippen molar-refractivity contribution < 1.29 is 14.3 Å². The van der Waals surface area contributed by atoms with E-state index in [0.717, 1.165) is 33.7 Å². The number of anilines is 1. The van der Waals surface area contributed by atoms with Crippen LogP contribution in [0.5, 0.6) is 5.75 Å². The summed E-state index contributed by atoms with van der Waals surface area (Å²) in [5, 5.41) is 6.76. The fourth-order valence-corrected chi connectivity index (χ4v) is 2.46. The smallest absolute Gasteiger partial charge is 0.240 e. The Morgan fingerprint density at radius 1 is 1.00 bits per heavy atom. The first-order valence-corrected chi connectivity index (χ1v) is 8.72. The Morgan fingerprint density at radius 2 is 1.70 bits per heavy atom. The van der Waals surface area contributed by atoms with Gasteiger partial charge in [-0.15, -0.1) is 0 Å². The van der Waals surface area contributed by atoms with E-state index in [0.29, 0.717) is 0 Å². The molecule has 27 heavy (non-hydrogen) atoms. The lowest BCUT2D eigenvalue weighted by molar-refractivity contribution is -0.124. The fourth-order valence-electron chi connectivity index (χ4n) is 2.46. The minimum absolute atomic E-state index is 0.0608. The molecule has 0 atom stereocenters. The van der Waals surface area contributed by atoms with Crippen molar-refractivity contribution in [3.05, 3.63) is 58.7 Å². The molecule has 0 aromatic heterocycles. The highest BCUT2D eigenvalue weighted by atomic mass is 16.5. The Bertz CT molecular complexity index is 860. The fraction of sp³-hybridized carbons (Fsp3) is 0.286. The first-order valence-electron chi connectivity index (χ1n) is 8.72. The molecule has 0 saturated heterocycles. The van der Waals surface area contributed by atoms with E-state index in [1.54, 1.807) is 7.11 Å². The van der Waals surface area contributed by atoms with Crippen molar-refractivity contribution in [2.24, 2.45) is 5.10 Å². The van der Waals surface area contributed by atoms with Gasteiger partial charge in [-0.3, -0.25) is 9.59 Å². The van der Waals surface area contributed by atoms with E-state index >= 15 is 0 Å². The molecule has 0 aliphatic rings. The third kappa shape index (κ3) is 6.26. The number of nitrogens with one attached hydrogen (secondary N) is 2. The number of ether oxygens (including phenoxy) is 1. The summed E-state index contributed by atoms with van der Waals surface area (Å²) in [5.41, 5.74) is 7.08. The Morgan fingerprint density at radius 3 is 2.44 bits per heavy atom. The summed E-state index contributed by atoms with van der Waals surface area (Å²) < 4.78 is 5.25. The molecule has 0 saturated carbocycles. The molecule has 0 spiro atoms. The average Bonchev–Trinajstić information content (AvgIpc) is 2.64. The Balaban J connectivity index is 1.80. The lowest BCUT2D eigenvalue weighted by Gasteiger charge is -2.09. The van der Waals surface area contributed by atoms with Gasteiger partial charge in [-0.25, -0.2) is 5.43 Å². The Labute approximate surface area is 159 Å². The van der Waals surface area contributed by atoms with Crippen LogP contribution in [0.25, 0.3) is 0 Å². The van der Waals surface area contributed by atoms with E-state index in [-0.39, 0.29) is 24.7 Å². The summed E-state index contributed by atoms with van der Waals surface area (Å²) in [7, 11) is 1.61. The van der Waals surface area contributed by atoms with Crippen LogP contribution in [-0.2, 0) is 9.59 Å². The molecule has 0 aliphatic heterocycles. The number of benzene rings is 2. The zero-order chi connectivity index (χ0) is 19.8. The van der Waals surface area contributed by atoms with Crippen LogP contribution in [0.2, 0.25) is 0 Å². The minimum Gasteiger partial charge on any atom is -0.496 e. The van der Waals surface area contributed by atoms with Gasteiger partial charge in [0, 0.05) is 18.5 Å². The van der Waals surface area contributed by atoms with Crippen molar-refractivity contribution in [3.8, 4) is 5.75 Å². The molecule has 0 aliphatic carbocycles. The standard InChI is InChI=1S/C21H25N3O3/c1-14-5-6-15(2)18(11-14)23-20(25)9-10-21(26)24-22-13-17-8-7-16(3)19(12-17)27-4/h5-8,11-13H,9-10H2,1-4H3,(H,23,25)(H,24,26). The first-order chi connectivity index (χ1) is 12.9. The molecule has 2 aromatic rings. The molecular formula is C21H25N3O3. The lowest BCUT2D eigenvalue weighted by atomic mass is 10.1. The Hall–Kier alpha value is -3.15. The van der Waals surface area contributed by atoms with Crippen molar-refractivity contribution in [2.75, 3.05) is 12.4 Å². The van der Waals surface area contributed by atoms with E-state index < -0.39 is 0 Å². The van der Waals surface area contributed by atoms with Gasteiger partial charge in [0.15, 0.2) is 0 Å². The number of hydrazone groups is 1. The highest BCUT2D eigenvalue weighted by Gasteiger charge is 2.08. The predicted molar refractivity (Wildman–Crippen MR) is 107 cm³/mol. The molecule has 0 bridgehead atoms. The number of aryl methyl sites for hydroxylation is 3. The number of hydrogen-bond donors (Lipinski definition) is 2. The molecular weight excluding hydrogens is 342 g/mol. The summed E-state index contributed by atoms with van der Waals surface area (Å²) in [4.78, 5) is 23.9. The second kappa shape index (κ2) is 9.52. The summed E-state index contributed by atoms with van der Waals surface area (Å²) in [6.45, 7) is 5.84. The maximum absolute atomic E-state index is 12.0. The number of amides is 2. The minimum atomic E-state index is -0.318. The summed E-state index contributed by atoms with van der Waals surface area (Å²) in [5.74, 6) is 0.237. The van der Waals surface area contributed by atoms with Crippen LogP contribution in [0, 0.1) is 20.8 Å². The van der Waals surface area contributed by atoms with Gasteiger partial charge < -0.3 is 10.1 Å². The number of carbonyl (C=O) groups excluding carboxylic acids is 2. The molecule has 0 unspecified atom stereocenters. The summed E-state index contributed by atoms with van der Waals surface area (Å²) in [6.07, 6.45) is 1.69. The van der Waals surface area contributed by atoms with Crippen LogP contribution >= 0.6 is 0 Å². The normalized spacial score (nSPS) is 10.7. The number of hydrogen-bond acceptors (Lipinski definition) is 4. The second-order valence-electron chi connectivity index (χ2n) is 6.39. The van der Waals surface area contributed by atoms with Crippen molar-refractivity contribution in [1.82, 2.24) is 5.43 Å². The van der Waals surface area contributed by atoms with Crippen molar-refractivity contribution in [1.29, 1.82) is 0 Å². The third-order valence-corrected chi connectivity index (χ3v) is 4.08. The van der Waals surface area contributed by atoms with Crippen LogP contribution < -0.4 is 15.5 Å². The van der Waals surface area contributed by atoms with Gasteiger partial charge in [-0.1, -0.05) is 24.3 Å². The van der Waals surface area contributed by atoms with E-state index in [1.807, 2.05) is 57.2 Å². The SMILES string of the molecule is COc1cc(C=NNC(=O)CCC(=O)Nc2cc(C)ccc2C)ccc1C. The van der Waals surface area contributed by atoms with Gasteiger partial charge in [0.1, 0.15) is 5.75 Å². The van der Waals surface area contributed by atoms with Gasteiger partial charge in [-0.05, 0) is 55.2 Å². The molecule has 142 valence electrons. The van der Waals surface area contributed by atoms with Crippen LogP contribution in [0.4, 0.5) is 5.69 Å². The largest absolute Gasteiger partial charge is 0.496 e. The summed E-state index contributed by atoms with van der Waals surface area (Å²) in [6, 6.07) is 11.5. The molecule has 0 radical (unpaired) electrons. The van der Waals surface area contributed by atoms with Crippen molar-refractivity contribution >= 4 is 23.7 Å². The molecule has 6 nitrogen and oxygen atoms in total. The quantitative estimate of drug-likeness (QED) is 0.581. The molecule has 2 amide bonds. The molecule has 2 aromatic carbocycles. The molecule has 2 rings (SSSR count). The summed E-state index contributed by atoms with van der Waals surface area (Å²) >= 11 is 0. The Kier molecular flexibility index (Phi) is 7.11. The van der Waals surface area contributed by atoms with Crippen LogP contribution in [0.1, 0.15) is 35.1 Å². The second-order valence-corrected chi connectivity index (χ2v) is 6.39. The van der Waals surface area contributed by atoms with Gasteiger partial charge in [-0.2, -0.15) is 5.10 Å². The number of rotatable bonds is 7. The third-order valence-electron chi connectivity index (χ3n) is 4.08. The topological polar surface area (TPSA) is 79.8 Å². The first kappa shape index (κ1) is 20.2. The van der Waals surface area contributed by atoms with Crippen LogP contribution in [-0.4, -0.2) is 25.1 Å². The van der Waals surface area contributed by atoms with E-state index in [2.05, 4.69) is 15.8 Å². The molecule has 6 heteroatoms. The zero-order valence-corrected chi connectivity index (χ0v) is 16.1. The molecule has 0 fully saturated rings. The van der Waals surface area contributed by atoms with Crippen LogP contribution in [0.3, 0.4) is 0 Å². The zero-order valence-electron chi connectivity index (χ0n) is 16.1. The monoisotopic (exact) mass is 367 g/mol. The van der Waals surface area contributed by atoms with Gasteiger partial charge in [0.25, 0.3) is 0 Å². The number of methoxy groups -OCH3 is 1. The van der Waals surface area contributed by atoms with E-state index in [1.165, 1.54) is 6.21 Å².